The fourth-order valence-corrected chi connectivity index (χ4v) is 1.50. The summed E-state index contributed by atoms with van der Waals surface area (Å²) in [5.74, 6) is 0.647. The van der Waals surface area contributed by atoms with Crippen molar-refractivity contribution >= 4 is 0 Å². The number of aromatic hydroxyl groups is 1. The molecule has 0 heterocycles. The Balaban J connectivity index is 2.58. The van der Waals surface area contributed by atoms with E-state index in [-0.39, 0.29) is 11.2 Å². The molecule has 0 aromatic heterocycles. The molecule has 0 amide bonds. The fourth-order valence-electron chi connectivity index (χ4n) is 1.50. The van der Waals surface area contributed by atoms with Gasteiger partial charge in [0.1, 0.15) is 0 Å². The first-order valence-electron chi connectivity index (χ1n) is 6.05. The van der Waals surface area contributed by atoms with E-state index in [0.717, 1.165) is 5.56 Å². The number of phenols is 1. The molecule has 0 fully saturated rings. The molecule has 2 N–H and O–H groups in total. The number of nitrogens with zero attached hydrogens (tertiary/aromatic N) is 1. The van der Waals surface area contributed by atoms with Crippen molar-refractivity contribution in [3.8, 4) is 17.6 Å². The van der Waals surface area contributed by atoms with Crippen LogP contribution >= 0.6 is 0 Å². The van der Waals surface area contributed by atoms with Crippen molar-refractivity contribution in [3.63, 3.8) is 0 Å². The SMILES string of the molecule is CCOc1cc(CNCC(C)(C)C#N)ccc1O. The minimum absolute atomic E-state index is 0.151. The third-order valence-corrected chi connectivity index (χ3v) is 2.52. The smallest absolute Gasteiger partial charge is 0.161 e. The molecule has 1 aromatic carbocycles. The standard InChI is InChI=1S/C14H20N2O2/c1-4-18-13-7-11(5-6-12(13)17)8-16-10-14(2,3)9-15/h5-7,16-17H,4,8,10H2,1-3H3. The van der Waals surface area contributed by atoms with Crippen molar-refractivity contribution < 1.29 is 9.84 Å². The van der Waals surface area contributed by atoms with Gasteiger partial charge in [0.25, 0.3) is 0 Å². The fraction of sp³-hybridized carbons (Fsp3) is 0.500. The highest BCUT2D eigenvalue weighted by Gasteiger charge is 2.15. The maximum Gasteiger partial charge on any atom is 0.161 e. The minimum atomic E-state index is -0.375. The molecule has 1 rings (SSSR count). The van der Waals surface area contributed by atoms with Crippen LogP contribution in [0.3, 0.4) is 0 Å². The Labute approximate surface area is 108 Å². The summed E-state index contributed by atoms with van der Waals surface area (Å²) in [5.41, 5.74) is 0.643. The molecule has 0 saturated heterocycles. The van der Waals surface area contributed by atoms with Gasteiger partial charge in [0.15, 0.2) is 11.5 Å². The second kappa shape index (κ2) is 6.27. The molecule has 0 spiro atoms. The Morgan fingerprint density at radius 1 is 1.44 bits per heavy atom. The lowest BCUT2D eigenvalue weighted by atomic mass is 9.96. The van der Waals surface area contributed by atoms with Crippen molar-refractivity contribution in [1.82, 2.24) is 5.32 Å². The van der Waals surface area contributed by atoms with E-state index in [1.165, 1.54) is 0 Å². The lowest BCUT2D eigenvalue weighted by molar-refractivity contribution is 0.317. The van der Waals surface area contributed by atoms with Gasteiger partial charge in [-0.05, 0) is 38.5 Å². The first kappa shape index (κ1) is 14.3. The van der Waals surface area contributed by atoms with Crippen LogP contribution in [0, 0.1) is 16.7 Å². The van der Waals surface area contributed by atoms with Crippen LogP contribution in [-0.4, -0.2) is 18.3 Å². The summed E-state index contributed by atoms with van der Waals surface area (Å²) in [7, 11) is 0. The second-order valence-electron chi connectivity index (χ2n) is 4.83. The Hall–Kier alpha value is -1.73. The Bertz CT molecular complexity index is 436. The van der Waals surface area contributed by atoms with Gasteiger partial charge in [-0.1, -0.05) is 6.07 Å². The van der Waals surface area contributed by atoms with Gasteiger partial charge in [0.2, 0.25) is 0 Å². The molecule has 0 bridgehead atoms. The van der Waals surface area contributed by atoms with Gasteiger partial charge in [-0.2, -0.15) is 5.26 Å². The molecule has 18 heavy (non-hydrogen) atoms. The lowest BCUT2D eigenvalue weighted by Crippen LogP contribution is -2.27. The van der Waals surface area contributed by atoms with Crippen LogP contribution in [-0.2, 0) is 6.54 Å². The van der Waals surface area contributed by atoms with Crippen LogP contribution in [0.1, 0.15) is 26.3 Å². The molecule has 0 aliphatic carbocycles. The summed E-state index contributed by atoms with van der Waals surface area (Å²) in [6.07, 6.45) is 0. The average Bonchev–Trinajstić information content (AvgIpc) is 2.33. The zero-order valence-electron chi connectivity index (χ0n) is 11.2. The highest BCUT2D eigenvalue weighted by molar-refractivity contribution is 5.41. The van der Waals surface area contributed by atoms with Crippen LogP contribution in [0.25, 0.3) is 0 Å². The van der Waals surface area contributed by atoms with Gasteiger partial charge < -0.3 is 15.2 Å². The molecule has 4 heteroatoms. The van der Waals surface area contributed by atoms with Gasteiger partial charge in [-0.3, -0.25) is 0 Å². The lowest BCUT2D eigenvalue weighted by Gasteiger charge is -2.16. The van der Waals surface area contributed by atoms with Gasteiger partial charge >= 0.3 is 0 Å². The van der Waals surface area contributed by atoms with Crippen LogP contribution in [0.2, 0.25) is 0 Å². The van der Waals surface area contributed by atoms with Crippen molar-refractivity contribution in [3.05, 3.63) is 23.8 Å². The predicted octanol–water partition coefficient (Wildman–Crippen LogP) is 2.43. The van der Waals surface area contributed by atoms with Gasteiger partial charge in [0.05, 0.1) is 18.1 Å². The number of hydrogen-bond donors (Lipinski definition) is 2. The molecule has 4 nitrogen and oxygen atoms in total. The number of benzene rings is 1. The molecular weight excluding hydrogens is 228 g/mol. The van der Waals surface area contributed by atoms with E-state index in [2.05, 4.69) is 11.4 Å². The third-order valence-electron chi connectivity index (χ3n) is 2.52. The number of hydrogen-bond acceptors (Lipinski definition) is 4. The van der Waals surface area contributed by atoms with Crippen molar-refractivity contribution in [2.75, 3.05) is 13.2 Å². The summed E-state index contributed by atoms with van der Waals surface area (Å²) < 4.78 is 5.32. The van der Waals surface area contributed by atoms with Gasteiger partial charge in [-0.15, -0.1) is 0 Å². The van der Waals surface area contributed by atoms with E-state index in [1.807, 2.05) is 32.9 Å². The van der Waals surface area contributed by atoms with E-state index >= 15 is 0 Å². The predicted molar refractivity (Wildman–Crippen MR) is 70.4 cm³/mol. The van der Waals surface area contributed by atoms with E-state index in [0.29, 0.717) is 25.4 Å². The van der Waals surface area contributed by atoms with Crippen LogP contribution < -0.4 is 10.1 Å². The summed E-state index contributed by atoms with van der Waals surface area (Å²) in [6.45, 7) is 7.44. The van der Waals surface area contributed by atoms with E-state index in [9.17, 15) is 5.11 Å². The highest BCUT2D eigenvalue weighted by atomic mass is 16.5. The van der Waals surface area contributed by atoms with Crippen molar-refractivity contribution in [2.45, 2.75) is 27.3 Å². The normalized spacial score (nSPS) is 11.0. The van der Waals surface area contributed by atoms with Crippen molar-refractivity contribution in [1.29, 1.82) is 5.26 Å². The molecule has 0 aliphatic rings. The number of nitriles is 1. The average molecular weight is 248 g/mol. The molecule has 0 unspecified atom stereocenters. The second-order valence-corrected chi connectivity index (χ2v) is 4.83. The van der Waals surface area contributed by atoms with Crippen LogP contribution in [0.4, 0.5) is 0 Å². The molecule has 1 aromatic rings. The molecule has 0 radical (unpaired) electrons. The Morgan fingerprint density at radius 3 is 2.78 bits per heavy atom. The zero-order chi connectivity index (χ0) is 13.6. The summed E-state index contributed by atoms with van der Waals surface area (Å²) in [4.78, 5) is 0. The first-order chi connectivity index (χ1) is 8.48. The number of ether oxygens (including phenoxy) is 1. The monoisotopic (exact) mass is 248 g/mol. The van der Waals surface area contributed by atoms with E-state index in [4.69, 9.17) is 10.00 Å². The molecule has 0 saturated carbocycles. The molecule has 0 atom stereocenters. The Morgan fingerprint density at radius 2 is 2.17 bits per heavy atom. The topological polar surface area (TPSA) is 65.3 Å². The summed E-state index contributed by atoms with van der Waals surface area (Å²) >= 11 is 0. The maximum absolute atomic E-state index is 9.57. The molecular formula is C14H20N2O2. The maximum atomic E-state index is 9.57. The number of phenolic OH excluding ortho intramolecular Hbond substituents is 1. The van der Waals surface area contributed by atoms with E-state index < -0.39 is 0 Å². The van der Waals surface area contributed by atoms with Gasteiger partial charge in [0, 0.05) is 13.1 Å². The van der Waals surface area contributed by atoms with E-state index in [1.54, 1.807) is 6.07 Å². The Kier molecular flexibility index (Phi) is 4.99. The third kappa shape index (κ3) is 4.27. The van der Waals surface area contributed by atoms with Crippen LogP contribution in [0.15, 0.2) is 18.2 Å². The highest BCUT2D eigenvalue weighted by Crippen LogP contribution is 2.26. The number of nitrogens with one attached hydrogen (secondary N) is 1. The van der Waals surface area contributed by atoms with Crippen molar-refractivity contribution in [2.24, 2.45) is 5.41 Å². The molecule has 0 aliphatic heterocycles. The number of rotatable bonds is 6. The quantitative estimate of drug-likeness (QED) is 0.811. The first-order valence-corrected chi connectivity index (χ1v) is 6.05. The molecule has 98 valence electrons. The zero-order valence-corrected chi connectivity index (χ0v) is 11.2. The summed E-state index contributed by atoms with van der Waals surface area (Å²) in [6, 6.07) is 7.51. The largest absolute Gasteiger partial charge is 0.504 e. The summed E-state index contributed by atoms with van der Waals surface area (Å²) in [5, 5.41) is 21.7. The van der Waals surface area contributed by atoms with Crippen LogP contribution in [0.5, 0.6) is 11.5 Å². The van der Waals surface area contributed by atoms with Gasteiger partial charge in [-0.25, -0.2) is 0 Å². The minimum Gasteiger partial charge on any atom is -0.504 e.